The number of hydrogen-bond acceptors (Lipinski definition) is 5. The fourth-order valence-corrected chi connectivity index (χ4v) is 3.11. The molecule has 0 atom stereocenters. The van der Waals surface area contributed by atoms with Gasteiger partial charge in [-0.3, -0.25) is 4.72 Å². The number of sulfonamides is 1. The van der Waals surface area contributed by atoms with Crippen LogP contribution in [0.4, 0.5) is 26.1 Å². The Morgan fingerprint density at radius 1 is 0.846 bits per heavy atom. The SMILES string of the molecule is O=S(=O)(Nc1ccc(Nc2ccc(F)c(F)c2)nn1)c1ccc(Cl)cc1. The summed E-state index contributed by atoms with van der Waals surface area (Å²) in [5, 5.41) is 10.7. The van der Waals surface area contributed by atoms with E-state index < -0.39 is 21.7 Å². The minimum Gasteiger partial charge on any atom is -0.339 e. The third-order valence-corrected chi connectivity index (χ3v) is 4.84. The highest BCUT2D eigenvalue weighted by atomic mass is 35.5. The molecule has 1 aromatic heterocycles. The Kier molecular flexibility index (Phi) is 5.01. The molecular formula is C16H11ClF2N4O2S. The maximum Gasteiger partial charge on any atom is 0.263 e. The van der Waals surface area contributed by atoms with Crippen molar-refractivity contribution in [1.29, 1.82) is 0 Å². The summed E-state index contributed by atoms with van der Waals surface area (Å²) in [5.74, 6) is -1.75. The second kappa shape index (κ2) is 7.22. The molecule has 2 aromatic carbocycles. The number of nitrogens with zero attached hydrogens (tertiary/aromatic N) is 2. The minimum atomic E-state index is -3.84. The number of aromatic nitrogens is 2. The predicted octanol–water partition coefficient (Wildman–Crippen LogP) is 3.95. The number of anilines is 3. The van der Waals surface area contributed by atoms with Gasteiger partial charge in [-0.2, -0.15) is 0 Å². The minimum absolute atomic E-state index is 0.00390. The van der Waals surface area contributed by atoms with Crippen molar-refractivity contribution in [2.45, 2.75) is 4.90 Å². The predicted molar refractivity (Wildman–Crippen MR) is 93.9 cm³/mol. The van der Waals surface area contributed by atoms with Crippen LogP contribution in [0.25, 0.3) is 0 Å². The van der Waals surface area contributed by atoms with E-state index in [0.717, 1.165) is 12.1 Å². The van der Waals surface area contributed by atoms with E-state index in [0.29, 0.717) is 5.02 Å². The zero-order valence-corrected chi connectivity index (χ0v) is 14.5. The van der Waals surface area contributed by atoms with Crippen molar-refractivity contribution in [3.8, 4) is 0 Å². The Morgan fingerprint density at radius 2 is 1.50 bits per heavy atom. The maximum atomic E-state index is 13.2. The van der Waals surface area contributed by atoms with Gasteiger partial charge in [0, 0.05) is 16.8 Å². The summed E-state index contributed by atoms with van der Waals surface area (Å²) in [7, 11) is -3.84. The summed E-state index contributed by atoms with van der Waals surface area (Å²) in [6, 6.07) is 11.7. The van der Waals surface area contributed by atoms with E-state index in [2.05, 4.69) is 20.2 Å². The van der Waals surface area contributed by atoms with Gasteiger partial charge in [0.2, 0.25) is 0 Å². The fraction of sp³-hybridized carbons (Fsp3) is 0. The summed E-state index contributed by atoms with van der Waals surface area (Å²) in [6.45, 7) is 0. The van der Waals surface area contributed by atoms with E-state index in [1.54, 1.807) is 0 Å². The van der Waals surface area contributed by atoms with Gasteiger partial charge < -0.3 is 5.32 Å². The van der Waals surface area contributed by atoms with E-state index in [4.69, 9.17) is 11.6 Å². The highest BCUT2D eigenvalue weighted by Gasteiger charge is 2.15. The lowest BCUT2D eigenvalue weighted by molar-refractivity contribution is 0.509. The van der Waals surface area contributed by atoms with Crippen molar-refractivity contribution in [1.82, 2.24) is 10.2 Å². The van der Waals surface area contributed by atoms with E-state index in [9.17, 15) is 17.2 Å². The molecular weight excluding hydrogens is 386 g/mol. The van der Waals surface area contributed by atoms with Gasteiger partial charge in [0.05, 0.1) is 4.90 Å². The first-order valence-electron chi connectivity index (χ1n) is 7.18. The Bertz CT molecular complexity index is 1030. The molecule has 0 aliphatic carbocycles. The first-order valence-corrected chi connectivity index (χ1v) is 9.04. The number of benzene rings is 2. The van der Waals surface area contributed by atoms with Crippen molar-refractivity contribution in [3.63, 3.8) is 0 Å². The molecule has 10 heteroatoms. The lowest BCUT2D eigenvalue weighted by atomic mass is 10.3. The number of nitrogens with one attached hydrogen (secondary N) is 2. The van der Waals surface area contributed by atoms with Crippen LogP contribution in [-0.4, -0.2) is 18.6 Å². The van der Waals surface area contributed by atoms with E-state index in [1.165, 1.54) is 42.5 Å². The Morgan fingerprint density at radius 3 is 2.12 bits per heavy atom. The standard InChI is InChI=1S/C16H11ClF2N4O2S/c17-10-1-4-12(5-2-10)26(24,25)23-16-8-7-15(21-22-16)20-11-3-6-13(18)14(19)9-11/h1-9H,(H,20,21)(H,22,23). The van der Waals surface area contributed by atoms with Crippen LogP contribution in [-0.2, 0) is 10.0 Å². The van der Waals surface area contributed by atoms with Crippen LogP contribution in [0.5, 0.6) is 0 Å². The second-order valence-corrected chi connectivity index (χ2v) is 7.24. The van der Waals surface area contributed by atoms with Crippen molar-refractivity contribution < 1.29 is 17.2 Å². The molecule has 134 valence electrons. The third-order valence-electron chi connectivity index (χ3n) is 3.22. The molecule has 2 N–H and O–H groups in total. The second-order valence-electron chi connectivity index (χ2n) is 5.12. The molecule has 3 rings (SSSR count). The van der Waals surface area contributed by atoms with Gasteiger partial charge in [-0.05, 0) is 48.5 Å². The summed E-state index contributed by atoms with van der Waals surface area (Å²) < 4.78 is 52.9. The molecule has 0 aliphatic heterocycles. The Balaban J connectivity index is 1.73. The van der Waals surface area contributed by atoms with Crippen LogP contribution in [0.15, 0.2) is 59.5 Å². The van der Waals surface area contributed by atoms with Crippen molar-refractivity contribution in [2.24, 2.45) is 0 Å². The molecule has 0 saturated heterocycles. The zero-order valence-electron chi connectivity index (χ0n) is 12.9. The number of hydrogen-bond donors (Lipinski definition) is 2. The monoisotopic (exact) mass is 396 g/mol. The molecule has 0 amide bonds. The van der Waals surface area contributed by atoms with Crippen LogP contribution < -0.4 is 10.0 Å². The van der Waals surface area contributed by atoms with E-state index in [-0.39, 0.29) is 22.2 Å². The molecule has 0 saturated carbocycles. The Labute approximate surface area is 152 Å². The van der Waals surface area contributed by atoms with Gasteiger partial charge in [0.25, 0.3) is 10.0 Å². The van der Waals surface area contributed by atoms with Gasteiger partial charge in [-0.1, -0.05) is 11.6 Å². The van der Waals surface area contributed by atoms with Gasteiger partial charge in [0.1, 0.15) is 0 Å². The quantitative estimate of drug-likeness (QED) is 0.682. The summed E-state index contributed by atoms with van der Waals surface area (Å²) in [6.07, 6.45) is 0. The van der Waals surface area contributed by atoms with Crippen LogP contribution in [0.3, 0.4) is 0 Å². The molecule has 0 fully saturated rings. The molecule has 0 aliphatic rings. The highest BCUT2D eigenvalue weighted by Crippen LogP contribution is 2.20. The topological polar surface area (TPSA) is 84.0 Å². The molecule has 0 unspecified atom stereocenters. The molecule has 6 nitrogen and oxygen atoms in total. The lowest BCUT2D eigenvalue weighted by Crippen LogP contribution is -2.14. The fourth-order valence-electron chi connectivity index (χ4n) is 1.99. The van der Waals surface area contributed by atoms with Crippen LogP contribution in [0.1, 0.15) is 0 Å². The first kappa shape index (κ1) is 18.0. The summed E-state index contributed by atoms with van der Waals surface area (Å²) >= 11 is 5.74. The normalized spacial score (nSPS) is 11.2. The van der Waals surface area contributed by atoms with Crippen LogP contribution in [0.2, 0.25) is 5.02 Å². The summed E-state index contributed by atoms with van der Waals surface area (Å²) in [4.78, 5) is 0.0210. The molecule has 0 spiro atoms. The third kappa shape index (κ3) is 4.24. The van der Waals surface area contributed by atoms with Crippen LogP contribution in [0, 0.1) is 11.6 Å². The lowest BCUT2D eigenvalue weighted by Gasteiger charge is -2.08. The van der Waals surface area contributed by atoms with Gasteiger partial charge in [-0.15, -0.1) is 10.2 Å². The molecule has 1 heterocycles. The zero-order chi connectivity index (χ0) is 18.7. The van der Waals surface area contributed by atoms with Gasteiger partial charge in [0.15, 0.2) is 23.3 Å². The van der Waals surface area contributed by atoms with Gasteiger partial charge in [-0.25, -0.2) is 17.2 Å². The average Bonchev–Trinajstić information content (AvgIpc) is 2.60. The first-order chi connectivity index (χ1) is 12.3. The summed E-state index contributed by atoms with van der Waals surface area (Å²) in [5.41, 5.74) is 0.271. The molecule has 0 radical (unpaired) electrons. The highest BCUT2D eigenvalue weighted by molar-refractivity contribution is 7.92. The average molecular weight is 397 g/mol. The molecule has 3 aromatic rings. The van der Waals surface area contributed by atoms with E-state index >= 15 is 0 Å². The number of rotatable bonds is 5. The van der Waals surface area contributed by atoms with Crippen LogP contribution >= 0.6 is 11.6 Å². The van der Waals surface area contributed by atoms with E-state index in [1.807, 2.05) is 0 Å². The van der Waals surface area contributed by atoms with Gasteiger partial charge >= 0.3 is 0 Å². The molecule has 0 bridgehead atoms. The Hall–Kier alpha value is -2.78. The maximum absolute atomic E-state index is 13.2. The largest absolute Gasteiger partial charge is 0.339 e. The van der Waals surface area contributed by atoms with Crippen molar-refractivity contribution >= 4 is 38.9 Å². The van der Waals surface area contributed by atoms with Crippen molar-refractivity contribution in [3.05, 3.63) is 71.3 Å². The molecule has 26 heavy (non-hydrogen) atoms. The number of halogens is 3. The smallest absolute Gasteiger partial charge is 0.263 e. The van der Waals surface area contributed by atoms with Crippen molar-refractivity contribution in [2.75, 3.05) is 10.0 Å².